The largest absolute Gasteiger partial charge is 0.495 e. The van der Waals surface area contributed by atoms with Crippen molar-refractivity contribution in [3.8, 4) is 5.75 Å². The molecule has 1 aliphatic carbocycles. The highest BCUT2D eigenvalue weighted by Gasteiger charge is 2.67. The molecule has 0 aliphatic heterocycles. The van der Waals surface area contributed by atoms with Gasteiger partial charge >= 0.3 is 6.18 Å². The van der Waals surface area contributed by atoms with Gasteiger partial charge in [-0.1, -0.05) is 17.7 Å². The third kappa shape index (κ3) is 6.73. The van der Waals surface area contributed by atoms with Gasteiger partial charge in [-0.2, -0.15) is 13.2 Å². The van der Waals surface area contributed by atoms with Crippen molar-refractivity contribution in [1.29, 1.82) is 0 Å². The third-order valence-corrected chi connectivity index (χ3v) is 7.40. The molecule has 2 amide bonds. The highest BCUT2D eigenvalue weighted by atomic mass is 35.5. The minimum absolute atomic E-state index is 0.0312. The number of ether oxygens (including phenoxy) is 1. The maximum atomic E-state index is 14.0. The van der Waals surface area contributed by atoms with Gasteiger partial charge < -0.3 is 20.3 Å². The number of amides is 2. The normalized spacial score (nSPS) is 16.1. The zero-order chi connectivity index (χ0) is 27.4. The molecule has 37 heavy (non-hydrogen) atoms. The zero-order valence-corrected chi connectivity index (χ0v) is 22.0. The van der Waals surface area contributed by atoms with Gasteiger partial charge in [-0.3, -0.25) is 14.6 Å². The topological polar surface area (TPSA) is 83.6 Å². The van der Waals surface area contributed by atoms with E-state index in [2.05, 4.69) is 15.6 Å². The fraction of sp³-hybridized carbons (Fsp3) is 0.500. The number of carbonyl (C=O) groups excluding carboxylic acids is 2. The van der Waals surface area contributed by atoms with Gasteiger partial charge in [0.1, 0.15) is 5.75 Å². The molecule has 202 valence electrons. The second-order valence-corrected chi connectivity index (χ2v) is 9.99. The molecule has 0 bridgehead atoms. The van der Waals surface area contributed by atoms with E-state index in [1.165, 1.54) is 32.6 Å². The molecular formula is C26H32ClF3N4O3. The predicted octanol–water partition coefficient (Wildman–Crippen LogP) is 4.21. The average molecular weight is 541 g/mol. The molecule has 0 radical (unpaired) electrons. The van der Waals surface area contributed by atoms with Crippen LogP contribution in [-0.4, -0.2) is 68.7 Å². The Morgan fingerprint density at radius 3 is 2.46 bits per heavy atom. The van der Waals surface area contributed by atoms with Crippen LogP contribution in [0, 0.1) is 5.41 Å². The molecular weight excluding hydrogens is 509 g/mol. The van der Waals surface area contributed by atoms with Crippen molar-refractivity contribution < 1.29 is 27.5 Å². The summed E-state index contributed by atoms with van der Waals surface area (Å²) in [5, 5.41) is 5.78. The standard InChI is InChI=1S/C26H32ClF3N4O3/c1-31-24(36)17-6-5-16(22(27)11-17)9-19(34(2)3)14-33-23(35)12-21(25(7-8-25)26(28,29)30)18-10-20(37-4)15-32-13-18/h5-6,10-11,13,15,19,21H,7-9,12,14H2,1-4H3,(H,31,36)(H,33,35)/t19-,21?/m0/s1. The summed E-state index contributed by atoms with van der Waals surface area (Å²) in [4.78, 5) is 30.7. The van der Waals surface area contributed by atoms with Crippen molar-refractivity contribution >= 4 is 23.4 Å². The van der Waals surface area contributed by atoms with Gasteiger partial charge in [0.25, 0.3) is 5.91 Å². The number of alkyl halides is 3. The number of rotatable bonds is 11. The lowest BCUT2D eigenvalue weighted by molar-refractivity contribution is -0.194. The summed E-state index contributed by atoms with van der Waals surface area (Å²) in [5.74, 6) is -1.46. The molecule has 2 atom stereocenters. The van der Waals surface area contributed by atoms with E-state index in [1.54, 1.807) is 18.2 Å². The quantitative estimate of drug-likeness (QED) is 0.446. The lowest BCUT2D eigenvalue weighted by Crippen LogP contribution is -2.42. The molecule has 7 nitrogen and oxygen atoms in total. The van der Waals surface area contributed by atoms with E-state index in [0.29, 0.717) is 28.3 Å². The Bertz CT molecular complexity index is 1120. The Morgan fingerprint density at radius 2 is 1.92 bits per heavy atom. The minimum atomic E-state index is -4.44. The summed E-state index contributed by atoms with van der Waals surface area (Å²) in [5.41, 5.74) is -0.393. The van der Waals surface area contributed by atoms with Gasteiger partial charge in [0, 0.05) is 48.8 Å². The molecule has 1 unspecified atom stereocenters. The molecule has 3 rings (SSSR count). The van der Waals surface area contributed by atoms with Crippen LogP contribution in [-0.2, 0) is 11.2 Å². The fourth-order valence-electron chi connectivity index (χ4n) is 4.51. The van der Waals surface area contributed by atoms with Crippen molar-refractivity contribution in [3.05, 3.63) is 58.4 Å². The Balaban J connectivity index is 1.72. The summed E-state index contributed by atoms with van der Waals surface area (Å²) < 4.78 is 47.3. The van der Waals surface area contributed by atoms with Crippen LogP contribution in [0.2, 0.25) is 5.02 Å². The number of hydrogen-bond donors (Lipinski definition) is 2. The first-order chi connectivity index (χ1) is 17.4. The third-order valence-electron chi connectivity index (χ3n) is 7.05. The minimum Gasteiger partial charge on any atom is -0.495 e. The molecule has 11 heteroatoms. The van der Waals surface area contributed by atoms with Crippen LogP contribution in [0.4, 0.5) is 13.2 Å². The van der Waals surface area contributed by atoms with Gasteiger partial charge in [-0.25, -0.2) is 0 Å². The first-order valence-corrected chi connectivity index (χ1v) is 12.3. The molecule has 1 aromatic heterocycles. The first-order valence-electron chi connectivity index (χ1n) is 11.9. The number of halogens is 4. The Labute approximate surface area is 219 Å². The number of hydrogen-bond acceptors (Lipinski definition) is 5. The summed E-state index contributed by atoms with van der Waals surface area (Å²) in [6, 6.07) is 6.35. The van der Waals surface area contributed by atoms with Crippen molar-refractivity contribution in [2.45, 2.75) is 43.8 Å². The Morgan fingerprint density at radius 1 is 1.22 bits per heavy atom. The second-order valence-electron chi connectivity index (χ2n) is 9.58. The molecule has 1 heterocycles. The van der Waals surface area contributed by atoms with E-state index in [0.717, 1.165) is 5.56 Å². The smallest absolute Gasteiger partial charge is 0.395 e. The van der Waals surface area contributed by atoms with Crippen LogP contribution in [0.3, 0.4) is 0 Å². The van der Waals surface area contributed by atoms with Crippen LogP contribution < -0.4 is 15.4 Å². The monoisotopic (exact) mass is 540 g/mol. The van der Waals surface area contributed by atoms with E-state index in [1.807, 2.05) is 19.0 Å². The van der Waals surface area contributed by atoms with Gasteiger partial charge in [-0.05, 0) is 62.7 Å². The maximum absolute atomic E-state index is 14.0. The number of benzene rings is 1. The Kier molecular flexibility index (Phi) is 9.07. The number of carbonyl (C=O) groups is 2. The van der Waals surface area contributed by atoms with Crippen LogP contribution in [0.1, 0.15) is 46.7 Å². The maximum Gasteiger partial charge on any atom is 0.395 e. The fourth-order valence-corrected chi connectivity index (χ4v) is 4.77. The number of pyridine rings is 1. The molecule has 1 aromatic carbocycles. The predicted molar refractivity (Wildman–Crippen MR) is 135 cm³/mol. The van der Waals surface area contributed by atoms with Gasteiger partial charge in [-0.15, -0.1) is 0 Å². The molecule has 1 saturated carbocycles. The van der Waals surface area contributed by atoms with E-state index >= 15 is 0 Å². The zero-order valence-electron chi connectivity index (χ0n) is 21.3. The highest BCUT2D eigenvalue weighted by Crippen LogP contribution is 2.66. The molecule has 0 spiro atoms. The van der Waals surface area contributed by atoms with Crippen molar-refractivity contribution in [2.24, 2.45) is 5.41 Å². The number of methoxy groups -OCH3 is 1. The summed E-state index contributed by atoms with van der Waals surface area (Å²) >= 11 is 6.39. The molecule has 2 aromatic rings. The number of nitrogens with zero attached hydrogens (tertiary/aromatic N) is 2. The number of aromatic nitrogens is 1. The van der Waals surface area contributed by atoms with Crippen molar-refractivity contribution in [2.75, 3.05) is 34.8 Å². The van der Waals surface area contributed by atoms with Crippen LogP contribution in [0.25, 0.3) is 0 Å². The lowest BCUT2D eigenvalue weighted by atomic mass is 9.80. The molecule has 1 fully saturated rings. The molecule has 0 saturated heterocycles. The SMILES string of the molecule is CNC(=O)c1ccc(C[C@@H](CNC(=O)CC(c2cncc(OC)c2)C2(C(F)(F)F)CC2)N(C)C)c(Cl)c1. The molecule has 2 N–H and O–H groups in total. The van der Waals surface area contributed by atoms with E-state index in [4.69, 9.17) is 16.3 Å². The van der Waals surface area contributed by atoms with Gasteiger partial charge in [0.2, 0.25) is 5.91 Å². The lowest BCUT2D eigenvalue weighted by Gasteiger charge is -2.30. The Hall–Kier alpha value is -2.85. The summed E-state index contributed by atoms with van der Waals surface area (Å²) in [6.45, 7) is 0.210. The number of nitrogens with one attached hydrogen (secondary N) is 2. The highest BCUT2D eigenvalue weighted by molar-refractivity contribution is 6.31. The molecule has 1 aliphatic rings. The van der Waals surface area contributed by atoms with Gasteiger partial charge in [0.15, 0.2) is 0 Å². The first kappa shape index (κ1) is 28.7. The number of likely N-dealkylation sites (N-methyl/N-ethyl adjacent to an activating group) is 1. The summed E-state index contributed by atoms with van der Waals surface area (Å²) in [7, 11) is 6.64. The summed E-state index contributed by atoms with van der Waals surface area (Å²) in [6.07, 6.45) is -1.56. The van der Waals surface area contributed by atoms with Crippen LogP contribution >= 0.6 is 11.6 Å². The van der Waals surface area contributed by atoms with Crippen LogP contribution in [0.15, 0.2) is 36.7 Å². The van der Waals surface area contributed by atoms with Gasteiger partial charge in [0.05, 0.1) is 18.7 Å². The van der Waals surface area contributed by atoms with Crippen molar-refractivity contribution in [3.63, 3.8) is 0 Å². The van der Waals surface area contributed by atoms with E-state index < -0.39 is 23.4 Å². The second kappa shape index (κ2) is 11.7. The van der Waals surface area contributed by atoms with E-state index in [9.17, 15) is 22.8 Å². The van der Waals surface area contributed by atoms with Crippen LogP contribution in [0.5, 0.6) is 5.75 Å². The average Bonchev–Trinajstić information content (AvgIpc) is 3.67. The van der Waals surface area contributed by atoms with E-state index in [-0.39, 0.29) is 37.8 Å². The van der Waals surface area contributed by atoms with Crippen molar-refractivity contribution in [1.82, 2.24) is 20.5 Å².